The third-order valence-corrected chi connectivity index (χ3v) is 6.40. The number of ether oxygens (including phenoxy) is 1. The number of carbonyl (C=O) groups is 1. The molecule has 0 saturated carbocycles. The second kappa shape index (κ2) is 15.5. The van der Waals surface area contributed by atoms with Crippen molar-refractivity contribution in [3.05, 3.63) is 35.4 Å². The second-order valence-corrected chi connectivity index (χ2v) is 8.80. The number of hydrogen-bond donors (Lipinski definition) is 2. The van der Waals surface area contributed by atoms with Crippen molar-refractivity contribution in [3.8, 4) is 0 Å². The molecule has 1 fully saturated rings. The molecule has 0 aromatic heterocycles. The van der Waals surface area contributed by atoms with Gasteiger partial charge in [-0.2, -0.15) is 0 Å². The molecule has 2 aliphatic rings. The predicted molar refractivity (Wildman–Crippen MR) is 145 cm³/mol. The quantitative estimate of drug-likeness (QED) is 0.196. The Labute approximate surface area is 216 Å². The molecule has 1 saturated heterocycles. The molecule has 1 amide bonds. The molecular formula is C25H42IN5O2. The molecule has 2 aliphatic heterocycles. The number of guanidine groups is 1. The Morgan fingerprint density at radius 2 is 1.91 bits per heavy atom. The number of carbonyl (C=O) groups excluding carboxylic acids is 1. The molecule has 33 heavy (non-hydrogen) atoms. The number of amides is 1. The number of piperidine rings is 1. The van der Waals surface area contributed by atoms with Gasteiger partial charge in [-0.05, 0) is 50.2 Å². The van der Waals surface area contributed by atoms with Crippen molar-refractivity contribution in [3.63, 3.8) is 0 Å². The topological polar surface area (TPSA) is 69.2 Å². The summed E-state index contributed by atoms with van der Waals surface area (Å²) in [5.74, 6) is 1.12. The Morgan fingerprint density at radius 3 is 2.64 bits per heavy atom. The minimum atomic E-state index is 0. The zero-order valence-electron chi connectivity index (χ0n) is 20.4. The number of nitrogens with zero attached hydrogens (tertiary/aromatic N) is 3. The number of rotatable bonds is 10. The highest BCUT2D eigenvalue weighted by atomic mass is 127. The minimum absolute atomic E-state index is 0. The molecule has 0 bridgehead atoms. The highest BCUT2D eigenvalue weighted by Gasteiger charge is 2.21. The Hall–Kier alpha value is -1.39. The van der Waals surface area contributed by atoms with Crippen molar-refractivity contribution in [2.75, 3.05) is 53.0 Å². The Morgan fingerprint density at radius 1 is 1.15 bits per heavy atom. The van der Waals surface area contributed by atoms with Gasteiger partial charge in [-0.1, -0.05) is 24.3 Å². The van der Waals surface area contributed by atoms with Crippen molar-refractivity contribution in [2.45, 2.75) is 58.0 Å². The van der Waals surface area contributed by atoms with E-state index in [0.717, 1.165) is 83.9 Å². The average Bonchev–Trinajstić information content (AvgIpc) is 2.82. The van der Waals surface area contributed by atoms with Gasteiger partial charge in [0, 0.05) is 72.0 Å². The summed E-state index contributed by atoms with van der Waals surface area (Å²) in [5.41, 5.74) is 2.66. The Balaban J connectivity index is 0.00000385. The van der Waals surface area contributed by atoms with Crippen LogP contribution in [0.4, 0.5) is 0 Å². The lowest BCUT2D eigenvalue weighted by atomic mass is 9.99. The monoisotopic (exact) mass is 571 g/mol. The first-order valence-corrected chi connectivity index (χ1v) is 12.3. The van der Waals surface area contributed by atoms with Gasteiger partial charge in [0.25, 0.3) is 0 Å². The first-order chi connectivity index (χ1) is 15.7. The van der Waals surface area contributed by atoms with E-state index in [1.807, 2.05) is 4.90 Å². The maximum Gasteiger partial charge on any atom is 0.222 e. The molecule has 8 heteroatoms. The predicted octanol–water partition coefficient (Wildman–Crippen LogP) is 3.03. The van der Waals surface area contributed by atoms with Gasteiger partial charge in [0.05, 0.1) is 0 Å². The summed E-state index contributed by atoms with van der Waals surface area (Å²) < 4.78 is 5.16. The maximum absolute atomic E-state index is 12.7. The van der Waals surface area contributed by atoms with Crippen molar-refractivity contribution in [2.24, 2.45) is 4.99 Å². The van der Waals surface area contributed by atoms with E-state index < -0.39 is 0 Å². The highest BCUT2D eigenvalue weighted by molar-refractivity contribution is 14.0. The van der Waals surface area contributed by atoms with E-state index in [4.69, 9.17) is 9.73 Å². The third kappa shape index (κ3) is 9.41. The van der Waals surface area contributed by atoms with Crippen LogP contribution in [-0.4, -0.2) is 80.7 Å². The third-order valence-electron chi connectivity index (χ3n) is 6.40. The van der Waals surface area contributed by atoms with Crippen LogP contribution in [0.2, 0.25) is 0 Å². The second-order valence-electron chi connectivity index (χ2n) is 8.80. The van der Waals surface area contributed by atoms with Gasteiger partial charge in [-0.15, -0.1) is 24.0 Å². The van der Waals surface area contributed by atoms with E-state index in [1.165, 1.54) is 11.1 Å². The Bertz CT molecular complexity index is 737. The molecule has 7 nitrogen and oxygen atoms in total. The average molecular weight is 572 g/mol. The van der Waals surface area contributed by atoms with Crippen LogP contribution in [0.3, 0.4) is 0 Å². The van der Waals surface area contributed by atoms with Crippen LogP contribution in [0.25, 0.3) is 0 Å². The lowest BCUT2D eigenvalue weighted by Crippen LogP contribution is -2.48. The van der Waals surface area contributed by atoms with E-state index in [-0.39, 0.29) is 29.9 Å². The van der Waals surface area contributed by atoms with Gasteiger partial charge in [0.15, 0.2) is 5.96 Å². The van der Waals surface area contributed by atoms with Gasteiger partial charge < -0.3 is 25.2 Å². The van der Waals surface area contributed by atoms with Crippen molar-refractivity contribution in [1.82, 2.24) is 20.4 Å². The molecule has 0 atom stereocenters. The smallest absolute Gasteiger partial charge is 0.222 e. The summed E-state index contributed by atoms with van der Waals surface area (Å²) in [7, 11) is 1.76. The number of methoxy groups -OCH3 is 1. The fraction of sp³-hybridized carbons (Fsp3) is 0.680. The molecular weight excluding hydrogens is 529 g/mol. The number of halogens is 1. The molecule has 0 radical (unpaired) electrons. The summed E-state index contributed by atoms with van der Waals surface area (Å²) in [5, 5.41) is 6.96. The summed E-state index contributed by atoms with van der Waals surface area (Å²) in [6, 6.07) is 8.91. The molecule has 1 aromatic rings. The first-order valence-electron chi connectivity index (χ1n) is 12.3. The number of aliphatic imine (C=N–C) groups is 1. The number of fused-ring (bicyclic) bond motifs is 1. The molecule has 0 unspecified atom stereocenters. The fourth-order valence-electron chi connectivity index (χ4n) is 4.53. The standard InChI is InChI=1S/C25H41N5O2.HI/c1-3-26-25(28-23-12-16-29(17-13-23)15-7-19-32-2)27-14-6-10-24(31)30-18-11-21-8-4-5-9-22(21)20-30;/h4-5,8-9,23H,3,6-7,10-20H2,1-2H3,(H2,26,27,28);1H. The molecule has 186 valence electrons. The lowest BCUT2D eigenvalue weighted by molar-refractivity contribution is -0.132. The molecule has 1 aromatic carbocycles. The van der Waals surface area contributed by atoms with Crippen LogP contribution >= 0.6 is 24.0 Å². The van der Waals surface area contributed by atoms with E-state index in [9.17, 15) is 4.79 Å². The van der Waals surface area contributed by atoms with Gasteiger partial charge in [-0.25, -0.2) is 0 Å². The maximum atomic E-state index is 12.7. The summed E-state index contributed by atoms with van der Waals surface area (Å²) in [6.07, 6.45) is 5.66. The normalized spacial score (nSPS) is 17.3. The molecule has 0 spiro atoms. The number of hydrogen-bond acceptors (Lipinski definition) is 4. The van der Waals surface area contributed by atoms with Crippen molar-refractivity contribution >= 4 is 35.8 Å². The van der Waals surface area contributed by atoms with E-state index in [2.05, 4.69) is 46.7 Å². The van der Waals surface area contributed by atoms with Crippen molar-refractivity contribution in [1.29, 1.82) is 0 Å². The molecule has 3 rings (SSSR count). The van der Waals surface area contributed by atoms with Gasteiger partial charge in [0.2, 0.25) is 5.91 Å². The van der Waals surface area contributed by atoms with Crippen LogP contribution in [-0.2, 0) is 22.5 Å². The van der Waals surface area contributed by atoms with Gasteiger partial charge >= 0.3 is 0 Å². The van der Waals surface area contributed by atoms with Crippen LogP contribution in [0.1, 0.15) is 50.2 Å². The number of likely N-dealkylation sites (tertiary alicyclic amines) is 1. The van der Waals surface area contributed by atoms with Gasteiger partial charge in [-0.3, -0.25) is 9.79 Å². The molecule has 2 N–H and O–H groups in total. The highest BCUT2D eigenvalue weighted by Crippen LogP contribution is 2.19. The summed E-state index contributed by atoms with van der Waals surface area (Å²) in [4.78, 5) is 21.9. The number of nitrogens with one attached hydrogen (secondary N) is 2. The largest absolute Gasteiger partial charge is 0.385 e. The zero-order valence-corrected chi connectivity index (χ0v) is 22.7. The van der Waals surface area contributed by atoms with Crippen molar-refractivity contribution < 1.29 is 9.53 Å². The van der Waals surface area contributed by atoms with E-state index in [0.29, 0.717) is 19.0 Å². The van der Waals surface area contributed by atoms with Crippen LogP contribution in [0.15, 0.2) is 29.3 Å². The van der Waals surface area contributed by atoms with Gasteiger partial charge in [0.1, 0.15) is 0 Å². The summed E-state index contributed by atoms with van der Waals surface area (Å²) in [6.45, 7) is 9.36. The first kappa shape index (κ1) is 27.9. The minimum Gasteiger partial charge on any atom is -0.385 e. The van der Waals surface area contributed by atoms with E-state index in [1.54, 1.807) is 7.11 Å². The van der Waals surface area contributed by atoms with Crippen LogP contribution in [0, 0.1) is 0 Å². The van der Waals surface area contributed by atoms with E-state index >= 15 is 0 Å². The summed E-state index contributed by atoms with van der Waals surface area (Å²) >= 11 is 0. The fourth-order valence-corrected chi connectivity index (χ4v) is 4.53. The lowest BCUT2D eigenvalue weighted by Gasteiger charge is -2.33. The zero-order chi connectivity index (χ0) is 22.6. The molecule has 0 aliphatic carbocycles. The number of benzene rings is 1. The Kier molecular flexibility index (Phi) is 13.1. The van der Waals surface area contributed by atoms with Crippen LogP contribution in [0.5, 0.6) is 0 Å². The SMILES string of the molecule is CCNC(=NCCCC(=O)N1CCc2ccccc2C1)NC1CCN(CCCOC)CC1.I. The van der Waals surface area contributed by atoms with Crippen LogP contribution < -0.4 is 10.6 Å². The molecule has 2 heterocycles.